The first-order valence-electron chi connectivity index (χ1n) is 37.3. The van der Waals surface area contributed by atoms with Crippen LogP contribution in [0.25, 0.3) is 0 Å². The third-order valence-electron chi connectivity index (χ3n) is 16.5. The number of phosphoric acid groups is 1. The lowest BCUT2D eigenvalue weighted by molar-refractivity contribution is -0.870. The van der Waals surface area contributed by atoms with E-state index in [1.54, 1.807) is 0 Å². The van der Waals surface area contributed by atoms with E-state index in [-0.39, 0.29) is 19.1 Å². The SMILES string of the molecule is CC/C=C\C/C=C\C/C=C\C/C=C\C/C=C\C/C=C\C/C=C\C/C=C\C/C=C\CCCCCCCCCCCCCC(=O)NC(COP(=O)(O)OCC[N+](C)(C)C)C(O)CCCCCCCCCCCCCCCCCCCCCCCCCCCCC. The van der Waals surface area contributed by atoms with Gasteiger partial charge in [0.15, 0.2) is 0 Å². The van der Waals surface area contributed by atoms with Crippen LogP contribution in [-0.2, 0) is 18.4 Å². The Hall–Kier alpha value is -2.84. The molecule has 0 aromatic carbocycles. The number of allylic oxidation sites excluding steroid dienone is 18. The maximum Gasteiger partial charge on any atom is 0.472 e. The van der Waals surface area contributed by atoms with Crippen LogP contribution in [0.15, 0.2) is 109 Å². The zero-order valence-corrected chi connectivity index (χ0v) is 59.3. The first-order chi connectivity index (χ1) is 43.0. The summed E-state index contributed by atoms with van der Waals surface area (Å²) in [5, 5.41) is 14.2. The number of likely N-dealkylation sites (N-methyl/N-ethyl adjacent to an activating group) is 1. The molecule has 0 heterocycles. The summed E-state index contributed by atoms with van der Waals surface area (Å²) >= 11 is 0. The van der Waals surface area contributed by atoms with Gasteiger partial charge in [-0.05, 0) is 83.5 Å². The fourth-order valence-electron chi connectivity index (χ4n) is 10.8. The number of hydrogen-bond donors (Lipinski definition) is 3. The number of carbonyl (C=O) groups is 1. The van der Waals surface area contributed by atoms with E-state index in [1.165, 1.54) is 212 Å². The molecule has 3 N–H and O–H groups in total. The molecule has 8 nitrogen and oxygen atoms in total. The van der Waals surface area contributed by atoms with Crippen LogP contribution in [0.3, 0.4) is 0 Å². The van der Waals surface area contributed by atoms with Crippen LogP contribution < -0.4 is 5.32 Å². The van der Waals surface area contributed by atoms with Crippen LogP contribution in [-0.4, -0.2) is 73.4 Å². The first kappa shape index (κ1) is 85.2. The summed E-state index contributed by atoms with van der Waals surface area (Å²) in [5.74, 6) is -0.147. The lowest BCUT2D eigenvalue weighted by atomic mass is 10.0. The molecular formula is C79H144N2O6P+. The number of quaternary nitrogens is 1. The van der Waals surface area contributed by atoms with Crippen molar-refractivity contribution in [2.45, 2.75) is 347 Å². The predicted octanol–water partition coefficient (Wildman–Crippen LogP) is 24.2. The maximum atomic E-state index is 13.1. The van der Waals surface area contributed by atoms with Gasteiger partial charge in [-0.1, -0.05) is 354 Å². The Kier molecular flexibility index (Phi) is 66.3. The smallest absolute Gasteiger partial charge is 0.391 e. The molecule has 510 valence electrons. The average Bonchev–Trinajstić information content (AvgIpc) is 3.70. The second-order valence-electron chi connectivity index (χ2n) is 26.3. The molecule has 0 aliphatic carbocycles. The molecule has 88 heavy (non-hydrogen) atoms. The summed E-state index contributed by atoms with van der Waals surface area (Å²) in [6.45, 7) is 4.80. The van der Waals surface area contributed by atoms with Crippen molar-refractivity contribution in [3.05, 3.63) is 109 Å². The number of nitrogens with one attached hydrogen (secondary N) is 1. The van der Waals surface area contributed by atoms with Crippen molar-refractivity contribution in [3.8, 4) is 0 Å². The summed E-state index contributed by atoms with van der Waals surface area (Å²) in [4.78, 5) is 23.5. The predicted molar refractivity (Wildman–Crippen MR) is 387 cm³/mol. The summed E-state index contributed by atoms with van der Waals surface area (Å²) < 4.78 is 23.9. The molecule has 0 aliphatic rings. The highest BCUT2D eigenvalue weighted by molar-refractivity contribution is 7.47. The Morgan fingerprint density at radius 1 is 0.398 bits per heavy atom. The van der Waals surface area contributed by atoms with Crippen molar-refractivity contribution >= 4 is 13.7 Å². The minimum Gasteiger partial charge on any atom is -0.391 e. The number of nitrogens with zero attached hydrogens (tertiary/aromatic N) is 1. The molecule has 9 heteroatoms. The van der Waals surface area contributed by atoms with Crippen LogP contribution in [0.5, 0.6) is 0 Å². The molecule has 0 aliphatic heterocycles. The van der Waals surface area contributed by atoms with Crippen molar-refractivity contribution in [1.82, 2.24) is 5.32 Å². The van der Waals surface area contributed by atoms with Gasteiger partial charge in [-0.15, -0.1) is 0 Å². The Bertz CT molecular complexity index is 1810. The van der Waals surface area contributed by atoms with Crippen LogP contribution in [0.1, 0.15) is 335 Å². The molecule has 0 rings (SSSR count). The van der Waals surface area contributed by atoms with Gasteiger partial charge >= 0.3 is 7.82 Å². The summed E-state index contributed by atoms with van der Waals surface area (Å²) in [5.41, 5.74) is 0. The van der Waals surface area contributed by atoms with Crippen molar-refractivity contribution in [3.63, 3.8) is 0 Å². The molecule has 3 unspecified atom stereocenters. The fraction of sp³-hybridized carbons (Fsp3) is 0.759. The summed E-state index contributed by atoms with van der Waals surface area (Å²) in [7, 11) is 1.61. The highest BCUT2D eigenvalue weighted by atomic mass is 31.2. The molecule has 0 spiro atoms. The van der Waals surface area contributed by atoms with E-state index in [0.29, 0.717) is 23.9 Å². The van der Waals surface area contributed by atoms with E-state index in [9.17, 15) is 19.4 Å². The number of aliphatic hydroxyl groups excluding tert-OH is 1. The summed E-state index contributed by atoms with van der Waals surface area (Å²) in [6.07, 6.45) is 101. The van der Waals surface area contributed by atoms with Gasteiger partial charge < -0.3 is 19.8 Å². The molecule has 0 saturated carbocycles. The third kappa shape index (κ3) is 70.6. The van der Waals surface area contributed by atoms with Gasteiger partial charge in [0.25, 0.3) is 0 Å². The molecule has 3 atom stereocenters. The standard InChI is InChI=1S/C79H143N2O6P/c1-6-8-10-12-14-16-18-20-22-24-26-28-30-32-34-35-36-37-38-39-40-41-42-43-44-45-47-49-51-53-55-57-59-61-63-65-67-69-71-73-79(83)80-77(76-87-88(84,85)86-75-74-81(3,4)5)78(82)72-70-68-66-64-62-60-58-56-54-52-50-48-46-33-31-29-27-25-23-21-19-17-15-13-11-9-7-2/h8,10,14,16,20,22,26,28,32,34,36-37,39-40,42-43,45,47,77-78,82H,6-7,9,11-13,15,17-19,21,23-25,27,29-31,33,35,38,41,44,46,48-76H2,1-5H3,(H-,80,83,84,85)/p+1/b10-8-,16-14-,22-20-,28-26-,34-32-,37-36-,40-39-,43-42-,47-45-. The highest BCUT2D eigenvalue weighted by Crippen LogP contribution is 2.43. The van der Waals surface area contributed by atoms with E-state index in [1.807, 2.05) is 21.1 Å². The zero-order chi connectivity index (χ0) is 64.1. The molecule has 0 aromatic heterocycles. The van der Waals surface area contributed by atoms with Crippen molar-refractivity contribution in [2.75, 3.05) is 40.9 Å². The zero-order valence-electron chi connectivity index (χ0n) is 58.4. The number of phosphoric ester groups is 1. The van der Waals surface area contributed by atoms with E-state index < -0.39 is 20.0 Å². The normalized spacial score (nSPS) is 14.2. The maximum absolute atomic E-state index is 13.1. The number of rotatable bonds is 68. The van der Waals surface area contributed by atoms with Gasteiger partial charge in [-0.2, -0.15) is 0 Å². The van der Waals surface area contributed by atoms with Gasteiger partial charge in [0.05, 0.1) is 39.9 Å². The van der Waals surface area contributed by atoms with Crippen LogP contribution in [0, 0.1) is 0 Å². The van der Waals surface area contributed by atoms with Crippen LogP contribution in [0.4, 0.5) is 0 Å². The molecule has 0 bridgehead atoms. The number of aliphatic hydroxyl groups is 1. The topological polar surface area (TPSA) is 105 Å². The molecular weight excluding hydrogens is 1100 g/mol. The lowest BCUT2D eigenvalue weighted by Gasteiger charge is -2.26. The van der Waals surface area contributed by atoms with Crippen LogP contribution >= 0.6 is 7.82 Å². The van der Waals surface area contributed by atoms with Gasteiger partial charge in [-0.3, -0.25) is 13.8 Å². The number of amides is 1. The van der Waals surface area contributed by atoms with Gasteiger partial charge in [-0.25, -0.2) is 4.57 Å². The lowest BCUT2D eigenvalue weighted by Crippen LogP contribution is -2.46. The molecule has 0 radical (unpaired) electrons. The van der Waals surface area contributed by atoms with E-state index in [2.05, 4.69) is 129 Å². The van der Waals surface area contributed by atoms with E-state index in [0.717, 1.165) is 96.3 Å². The largest absolute Gasteiger partial charge is 0.472 e. The number of unbranched alkanes of at least 4 members (excludes halogenated alkanes) is 37. The van der Waals surface area contributed by atoms with Gasteiger partial charge in [0.1, 0.15) is 13.2 Å². The number of hydrogen-bond acceptors (Lipinski definition) is 5. The second kappa shape index (κ2) is 68.5. The quantitative estimate of drug-likeness (QED) is 0.0243. The number of carbonyl (C=O) groups excluding carboxylic acids is 1. The molecule has 0 aromatic rings. The Balaban J connectivity index is 4.05. The minimum absolute atomic E-state index is 0.0707. The van der Waals surface area contributed by atoms with Gasteiger partial charge in [0, 0.05) is 6.42 Å². The molecule has 0 saturated heterocycles. The van der Waals surface area contributed by atoms with Crippen molar-refractivity contribution < 1.29 is 32.9 Å². The third-order valence-corrected chi connectivity index (χ3v) is 17.5. The Morgan fingerprint density at radius 3 is 1.00 bits per heavy atom. The first-order valence-corrected chi connectivity index (χ1v) is 38.7. The highest BCUT2D eigenvalue weighted by Gasteiger charge is 2.28. The van der Waals surface area contributed by atoms with E-state index >= 15 is 0 Å². The van der Waals surface area contributed by atoms with Gasteiger partial charge in [0.2, 0.25) is 5.91 Å². The van der Waals surface area contributed by atoms with Crippen LogP contribution in [0.2, 0.25) is 0 Å². The molecule has 1 amide bonds. The average molecular weight is 1250 g/mol. The monoisotopic (exact) mass is 1250 g/mol. The van der Waals surface area contributed by atoms with E-state index in [4.69, 9.17) is 9.05 Å². The second-order valence-corrected chi connectivity index (χ2v) is 27.8. The van der Waals surface area contributed by atoms with Crippen molar-refractivity contribution in [2.24, 2.45) is 0 Å². The Morgan fingerprint density at radius 2 is 0.682 bits per heavy atom. The fourth-order valence-corrected chi connectivity index (χ4v) is 11.5. The molecule has 0 fully saturated rings. The summed E-state index contributed by atoms with van der Waals surface area (Å²) in [6, 6.07) is -0.771. The van der Waals surface area contributed by atoms with Crippen molar-refractivity contribution in [1.29, 1.82) is 0 Å². The Labute approximate surface area is 546 Å². The minimum atomic E-state index is -4.34.